The summed E-state index contributed by atoms with van der Waals surface area (Å²) in [4.78, 5) is 21.6. The second-order valence-electron chi connectivity index (χ2n) is 9.20. The molecule has 8 nitrogen and oxygen atoms in total. The van der Waals surface area contributed by atoms with Crippen LogP contribution in [0.1, 0.15) is 18.4 Å². The molecule has 0 bridgehead atoms. The minimum atomic E-state index is 0.195. The van der Waals surface area contributed by atoms with Crippen LogP contribution in [0.5, 0.6) is 0 Å². The summed E-state index contributed by atoms with van der Waals surface area (Å²) in [5.74, 6) is 2.04. The summed E-state index contributed by atoms with van der Waals surface area (Å²) in [6.45, 7) is 9.04. The van der Waals surface area contributed by atoms with E-state index in [1.165, 1.54) is 12.8 Å². The molecule has 1 aromatic heterocycles. The monoisotopic (exact) mass is 450 g/mol. The van der Waals surface area contributed by atoms with Crippen molar-refractivity contribution in [3.8, 4) is 0 Å². The topological polar surface area (TPSA) is 65.0 Å². The third-order valence-electron chi connectivity index (χ3n) is 6.97. The molecular weight excluding hydrogens is 416 g/mol. The van der Waals surface area contributed by atoms with Gasteiger partial charge in [0.05, 0.1) is 12.5 Å². The van der Waals surface area contributed by atoms with Gasteiger partial charge >= 0.3 is 0 Å². The fourth-order valence-electron chi connectivity index (χ4n) is 4.96. The summed E-state index contributed by atoms with van der Waals surface area (Å²) in [6, 6.07) is 14.1. The maximum absolute atomic E-state index is 12.6. The van der Waals surface area contributed by atoms with E-state index in [1.54, 1.807) is 0 Å². The maximum atomic E-state index is 12.6. The average molecular weight is 451 g/mol. The number of carbonyl (C=O) groups excluding carboxylic acids is 1. The highest BCUT2D eigenvalue weighted by molar-refractivity contribution is 5.79. The third-order valence-corrected chi connectivity index (χ3v) is 6.97. The van der Waals surface area contributed by atoms with Gasteiger partial charge in [-0.1, -0.05) is 30.3 Å². The second kappa shape index (κ2) is 10.5. The van der Waals surface area contributed by atoms with E-state index in [2.05, 4.69) is 37.0 Å². The Balaban J connectivity index is 1.08. The molecule has 1 amide bonds. The first-order valence-corrected chi connectivity index (χ1v) is 12.2. The van der Waals surface area contributed by atoms with Gasteiger partial charge in [-0.05, 0) is 30.5 Å². The van der Waals surface area contributed by atoms with Gasteiger partial charge in [-0.2, -0.15) is 0 Å². The van der Waals surface area contributed by atoms with Gasteiger partial charge in [0.2, 0.25) is 5.91 Å². The number of amides is 1. The Hall–Kier alpha value is -2.71. The van der Waals surface area contributed by atoms with Crippen molar-refractivity contribution >= 4 is 17.5 Å². The van der Waals surface area contributed by atoms with Gasteiger partial charge in [0.1, 0.15) is 0 Å². The molecule has 2 aromatic rings. The van der Waals surface area contributed by atoms with Gasteiger partial charge in [-0.25, -0.2) is 0 Å². The van der Waals surface area contributed by atoms with E-state index in [9.17, 15) is 4.79 Å². The molecule has 33 heavy (non-hydrogen) atoms. The zero-order valence-electron chi connectivity index (χ0n) is 19.3. The van der Waals surface area contributed by atoms with E-state index in [4.69, 9.17) is 4.74 Å². The van der Waals surface area contributed by atoms with E-state index in [0.717, 1.165) is 82.7 Å². The Labute approximate surface area is 196 Å². The number of ether oxygens (including phenoxy) is 1. The largest absolute Gasteiger partial charge is 0.377 e. The smallest absolute Gasteiger partial charge is 0.227 e. The summed E-state index contributed by atoms with van der Waals surface area (Å²) in [5.41, 5.74) is 1.07. The second-order valence-corrected chi connectivity index (χ2v) is 9.20. The summed E-state index contributed by atoms with van der Waals surface area (Å²) >= 11 is 0. The van der Waals surface area contributed by atoms with Crippen LogP contribution in [0.2, 0.25) is 0 Å². The lowest BCUT2D eigenvalue weighted by Crippen LogP contribution is -2.49. The molecule has 3 aliphatic heterocycles. The number of hydrogen-bond donors (Lipinski definition) is 0. The number of rotatable bonds is 6. The van der Waals surface area contributed by atoms with Crippen molar-refractivity contribution < 1.29 is 9.53 Å². The fourth-order valence-corrected chi connectivity index (χ4v) is 4.96. The fraction of sp³-hybridized carbons (Fsp3) is 0.560. The Morgan fingerprint density at radius 3 is 2.06 bits per heavy atom. The first-order valence-electron chi connectivity index (χ1n) is 12.2. The van der Waals surface area contributed by atoms with Crippen molar-refractivity contribution in [1.82, 2.24) is 20.0 Å². The van der Waals surface area contributed by atoms with E-state index in [0.29, 0.717) is 12.5 Å². The van der Waals surface area contributed by atoms with Crippen LogP contribution in [-0.4, -0.2) is 97.5 Å². The van der Waals surface area contributed by atoms with E-state index < -0.39 is 0 Å². The van der Waals surface area contributed by atoms with Crippen LogP contribution in [0.4, 0.5) is 11.6 Å². The van der Waals surface area contributed by atoms with Gasteiger partial charge in [0, 0.05) is 65.5 Å². The summed E-state index contributed by atoms with van der Waals surface area (Å²) in [5, 5.41) is 9.04. The van der Waals surface area contributed by atoms with Crippen LogP contribution in [0.25, 0.3) is 0 Å². The normalized spacial score (nSPS) is 22.1. The molecule has 1 atom stereocenters. The van der Waals surface area contributed by atoms with Gasteiger partial charge in [0.25, 0.3) is 0 Å². The minimum Gasteiger partial charge on any atom is -0.377 e. The van der Waals surface area contributed by atoms with Crippen molar-refractivity contribution in [2.24, 2.45) is 0 Å². The highest BCUT2D eigenvalue weighted by Crippen LogP contribution is 2.19. The van der Waals surface area contributed by atoms with Gasteiger partial charge in [0.15, 0.2) is 11.6 Å². The van der Waals surface area contributed by atoms with Gasteiger partial charge < -0.3 is 19.4 Å². The SMILES string of the molecule is O=C(Cc1ccccc1)N1CCN(c2ccc(N3CCN(CC4CCCO4)CC3)nn2)CC1. The summed E-state index contributed by atoms with van der Waals surface area (Å²) in [6.07, 6.45) is 3.29. The molecular formula is C25H34N6O2. The van der Waals surface area contributed by atoms with Crippen LogP contribution >= 0.6 is 0 Å². The lowest BCUT2D eigenvalue weighted by atomic mass is 10.1. The van der Waals surface area contributed by atoms with Crippen molar-refractivity contribution in [3.63, 3.8) is 0 Å². The Bertz CT molecular complexity index is 887. The molecule has 3 fully saturated rings. The highest BCUT2D eigenvalue weighted by atomic mass is 16.5. The number of hydrogen-bond acceptors (Lipinski definition) is 7. The lowest BCUT2D eigenvalue weighted by molar-refractivity contribution is -0.130. The number of piperazine rings is 2. The molecule has 0 spiro atoms. The van der Waals surface area contributed by atoms with Crippen LogP contribution in [0, 0.1) is 0 Å². The van der Waals surface area contributed by atoms with Gasteiger partial charge in [-0.15, -0.1) is 10.2 Å². The molecule has 176 valence electrons. The zero-order valence-corrected chi connectivity index (χ0v) is 19.3. The van der Waals surface area contributed by atoms with Crippen LogP contribution < -0.4 is 9.80 Å². The first kappa shape index (κ1) is 22.1. The van der Waals surface area contributed by atoms with Crippen LogP contribution in [0.3, 0.4) is 0 Å². The number of carbonyl (C=O) groups is 1. The number of nitrogens with zero attached hydrogens (tertiary/aromatic N) is 6. The first-order chi connectivity index (χ1) is 16.2. The maximum Gasteiger partial charge on any atom is 0.227 e. The molecule has 8 heteroatoms. The van der Waals surface area contributed by atoms with Crippen molar-refractivity contribution in [2.75, 3.05) is 75.3 Å². The Morgan fingerprint density at radius 1 is 0.848 bits per heavy atom. The highest BCUT2D eigenvalue weighted by Gasteiger charge is 2.25. The molecule has 0 radical (unpaired) electrons. The molecule has 3 saturated heterocycles. The molecule has 0 saturated carbocycles. The molecule has 0 aliphatic carbocycles. The molecule has 3 aliphatic rings. The lowest BCUT2D eigenvalue weighted by Gasteiger charge is -2.37. The van der Waals surface area contributed by atoms with E-state index in [1.807, 2.05) is 35.2 Å². The summed E-state index contributed by atoms with van der Waals surface area (Å²) in [7, 11) is 0. The predicted molar refractivity (Wildman–Crippen MR) is 129 cm³/mol. The molecule has 1 unspecified atom stereocenters. The van der Waals surface area contributed by atoms with E-state index in [-0.39, 0.29) is 5.91 Å². The summed E-state index contributed by atoms with van der Waals surface area (Å²) < 4.78 is 5.78. The Kier molecular flexibility index (Phi) is 7.02. The van der Waals surface area contributed by atoms with Crippen molar-refractivity contribution in [3.05, 3.63) is 48.0 Å². The minimum absolute atomic E-state index is 0.195. The average Bonchev–Trinajstić information content (AvgIpc) is 3.38. The molecule has 1 aromatic carbocycles. The number of aromatic nitrogens is 2. The quantitative estimate of drug-likeness (QED) is 0.663. The van der Waals surface area contributed by atoms with Crippen molar-refractivity contribution in [2.45, 2.75) is 25.4 Å². The van der Waals surface area contributed by atoms with Crippen LogP contribution in [-0.2, 0) is 16.0 Å². The molecule has 0 N–H and O–H groups in total. The molecule has 4 heterocycles. The number of anilines is 2. The van der Waals surface area contributed by atoms with Crippen molar-refractivity contribution in [1.29, 1.82) is 0 Å². The number of benzene rings is 1. The Morgan fingerprint density at radius 2 is 1.48 bits per heavy atom. The third kappa shape index (κ3) is 5.62. The van der Waals surface area contributed by atoms with Crippen LogP contribution in [0.15, 0.2) is 42.5 Å². The predicted octanol–water partition coefficient (Wildman–Crippen LogP) is 1.67. The standard InChI is InChI=1S/C25H34N6O2/c32-25(19-21-5-2-1-3-6-21)31-16-14-30(15-17-31)24-9-8-23(26-27-24)29-12-10-28(11-13-29)20-22-7-4-18-33-22/h1-3,5-6,8-9,22H,4,7,10-20H2. The van der Waals surface area contributed by atoms with E-state index >= 15 is 0 Å². The zero-order chi connectivity index (χ0) is 22.5. The molecule has 5 rings (SSSR count). The van der Waals surface area contributed by atoms with Gasteiger partial charge in [-0.3, -0.25) is 9.69 Å².